The second-order valence-electron chi connectivity index (χ2n) is 7.23. The average molecular weight is 386 g/mol. The van der Waals surface area contributed by atoms with Crippen LogP contribution in [0.25, 0.3) is 11.5 Å². The van der Waals surface area contributed by atoms with Crippen molar-refractivity contribution < 1.29 is 9.18 Å². The monoisotopic (exact) mass is 386 g/mol. The van der Waals surface area contributed by atoms with Crippen LogP contribution in [0.15, 0.2) is 73.1 Å². The van der Waals surface area contributed by atoms with Gasteiger partial charge < -0.3 is 9.47 Å². The summed E-state index contributed by atoms with van der Waals surface area (Å²) in [5, 5.41) is 4.80. The molecule has 5 nitrogen and oxygen atoms in total. The molecule has 144 valence electrons. The number of rotatable bonds is 3. The molecule has 0 bridgehead atoms. The standard InChI is InChI=1S/C23H19FN4O/c1-16-8-10-17(11-9-16)28-22(26-12-4-5-13-26)19-14-27(15-21(19)25-28)23(29)18-6-2-3-7-20(18)24/h2-13H,14-15H2,1H3. The maximum atomic E-state index is 14.1. The highest BCUT2D eigenvalue weighted by Crippen LogP contribution is 2.31. The molecule has 4 aromatic rings. The summed E-state index contributed by atoms with van der Waals surface area (Å²) in [5.74, 6) is 0.0801. The van der Waals surface area contributed by atoms with Gasteiger partial charge in [0.1, 0.15) is 11.6 Å². The van der Waals surface area contributed by atoms with Crippen LogP contribution >= 0.6 is 0 Å². The first-order valence-corrected chi connectivity index (χ1v) is 9.47. The predicted octanol–water partition coefficient (Wildman–Crippen LogP) is 4.27. The van der Waals surface area contributed by atoms with E-state index in [1.165, 1.54) is 17.7 Å². The summed E-state index contributed by atoms with van der Waals surface area (Å²) < 4.78 is 18.0. The van der Waals surface area contributed by atoms with E-state index < -0.39 is 5.82 Å². The number of carbonyl (C=O) groups is 1. The Morgan fingerprint density at radius 2 is 1.69 bits per heavy atom. The minimum Gasteiger partial charge on any atom is -0.328 e. The van der Waals surface area contributed by atoms with Gasteiger partial charge in [-0.25, -0.2) is 9.07 Å². The largest absolute Gasteiger partial charge is 0.328 e. The smallest absolute Gasteiger partial charge is 0.257 e. The van der Waals surface area contributed by atoms with Crippen molar-refractivity contribution in [2.75, 3.05) is 0 Å². The fourth-order valence-electron chi connectivity index (χ4n) is 3.76. The molecule has 0 unspecified atom stereocenters. The lowest BCUT2D eigenvalue weighted by atomic mass is 10.2. The highest BCUT2D eigenvalue weighted by atomic mass is 19.1. The molecular formula is C23H19FN4O. The Hall–Kier alpha value is -3.67. The molecule has 0 N–H and O–H groups in total. The highest BCUT2D eigenvalue weighted by molar-refractivity contribution is 5.94. The quantitative estimate of drug-likeness (QED) is 0.528. The lowest BCUT2D eigenvalue weighted by Gasteiger charge is -2.18. The topological polar surface area (TPSA) is 43.1 Å². The first-order chi connectivity index (χ1) is 14.1. The normalized spacial score (nSPS) is 13.0. The van der Waals surface area contributed by atoms with Crippen molar-refractivity contribution in [3.63, 3.8) is 0 Å². The Bertz CT molecular complexity index is 1190. The number of nitrogens with zero attached hydrogens (tertiary/aromatic N) is 4. The van der Waals surface area contributed by atoms with Gasteiger partial charge in [-0.05, 0) is 43.3 Å². The lowest BCUT2D eigenvalue weighted by Crippen LogP contribution is -2.27. The molecule has 6 heteroatoms. The Morgan fingerprint density at radius 1 is 0.966 bits per heavy atom. The first kappa shape index (κ1) is 17.4. The minimum absolute atomic E-state index is 0.0894. The molecule has 0 spiro atoms. The summed E-state index contributed by atoms with van der Waals surface area (Å²) in [7, 11) is 0. The average Bonchev–Trinajstić information content (AvgIpc) is 3.44. The molecule has 29 heavy (non-hydrogen) atoms. The van der Waals surface area contributed by atoms with E-state index in [9.17, 15) is 9.18 Å². The predicted molar refractivity (Wildman–Crippen MR) is 108 cm³/mol. The number of aromatic nitrogens is 3. The molecule has 2 aromatic carbocycles. The van der Waals surface area contributed by atoms with Crippen LogP contribution in [0.5, 0.6) is 0 Å². The second kappa shape index (κ2) is 6.74. The van der Waals surface area contributed by atoms with E-state index in [-0.39, 0.29) is 11.5 Å². The van der Waals surface area contributed by atoms with E-state index in [4.69, 9.17) is 5.10 Å². The zero-order chi connectivity index (χ0) is 20.0. The van der Waals surface area contributed by atoms with Crippen LogP contribution in [0, 0.1) is 12.7 Å². The molecule has 3 heterocycles. The molecule has 2 aromatic heterocycles. The van der Waals surface area contributed by atoms with Crippen LogP contribution < -0.4 is 0 Å². The number of halogens is 1. The van der Waals surface area contributed by atoms with E-state index >= 15 is 0 Å². The van der Waals surface area contributed by atoms with E-state index in [1.54, 1.807) is 17.0 Å². The summed E-state index contributed by atoms with van der Waals surface area (Å²) >= 11 is 0. The Kier molecular flexibility index (Phi) is 4.05. The van der Waals surface area contributed by atoms with Gasteiger partial charge in [0, 0.05) is 18.0 Å². The first-order valence-electron chi connectivity index (χ1n) is 9.47. The number of aryl methyl sites for hydroxylation is 1. The molecule has 1 amide bonds. The number of hydrogen-bond acceptors (Lipinski definition) is 2. The molecule has 1 aliphatic rings. The van der Waals surface area contributed by atoms with E-state index in [2.05, 4.69) is 12.1 Å². The number of amides is 1. The minimum atomic E-state index is -0.502. The number of benzene rings is 2. The van der Waals surface area contributed by atoms with Crippen molar-refractivity contribution in [1.82, 2.24) is 19.2 Å². The Balaban J connectivity index is 1.55. The molecule has 1 aliphatic heterocycles. The maximum absolute atomic E-state index is 14.1. The van der Waals surface area contributed by atoms with Crippen LogP contribution in [-0.2, 0) is 13.1 Å². The van der Waals surface area contributed by atoms with Gasteiger partial charge in [-0.1, -0.05) is 29.8 Å². The van der Waals surface area contributed by atoms with Gasteiger partial charge in [0.05, 0.1) is 30.0 Å². The van der Waals surface area contributed by atoms with Crippen LogP contribution in [0.2, 0.25) is 0 Å². The number of hydrogen-bond donors (Lipinski definition) is 0. The third-order valence-electron chi connectivity index (χ3n) is 5.25. The summed E-state index contributed by atoms with van der Waals surface area (Å²) in [4.78, 5) is 14.5. The van der Waals surface area contributed by atoms with Gasteiger partial charge in [0.15, 0.2) is 0 Å². The van der Waals surface area contributed by atoms with E-state index in [0.717, 1.165) is 22.8 Å². The number of fused-ring (bicyclic) bond motifs is 1. The van der Waals surface area contributed by atoms with E-state index in [1.807, 2.05) is 52.8 Å². The van der Waals surface area contributed by atoms with Crippen LogP contribution in [0.1, 0.15) is 27.2 Å². The van der Waals surface area contributed by atoms with Crippen molar-refractivity contribution in [3.8, 4) is 11.5 Å². The van der Waals surface area contributed by atoms with Crippen molar-refractivity contribution in [1.29, 1.82) is 0 Å². The Morgan fingerprint density at radius 3 is 2.41 bits per heavy atom. The molecule has 0 atom stereocenters. The third-order valence-corrected chi connectivity index (χ3v) is 5.25. The van der Waals surface area contributed by atoms with Crippen molar-refractivity contribution in [2.24, 2.45) is 0 Å². The van der Waals surface area contributed by atoms with Gasteiger partial charge in [-0.3, -0.25) is 4.79 Å². The van der Waals surface area contributed by atoms with Crippen molar-refractivity contribution in [2.45, 2.75) is 20.0 Å². The Labute approximate surface area is 167 Å². The van der Waals surface area contributed by atoms with Gasteiger partial charge in [0.2, 0.25) is 0 Å². The van der Waals surface area contributed by atoms with Crippen LogP contribution in [0.4, 0.5) is 4.39 Å². The summed E-state index contributed by atoms with van der Waals surface area (Å²) in [6, 6.07) is 18.2. The summed E-state index contributed by atoms with van der Waals surface area (Å²) in [6.45, 7) is 2.80. The highest BCUT2D eigenvalue weighted by Gasteiger charge is 2.32. The van der Waals surface area contributed by atoms with Gasteiger partial charge in [-0.2, -0.15) is 5.10 Å². The van der Waals surface area contributed by atoms with Gasteiger partial charge >= 0.3 is 0 Å². The maximum Gasteiger partial charge on any atom is 0.257 e. The molecule has 0 saturated carbocycles. The third kappa shape index (κ3) is 2.93. The molecule has 0 saturated heterocycles. The van der Waals surface area contributed by atoms with Crippen molar-refractivity contribution >= 4 is 5.91 Å². The summed E-state index contributed by atoms with van der Waals surface area (Å²) in [6.07, 6.45) is 3.92. The van der Waals surface area contributed by atoms with E-state index in [0.29, 0.717) is 13.1 Å². The lowest BCUT2D eigenvalue weighted by molar-refractivity contribution is 0.0744. The zero-order valence-electron chi connectivity index (χ0n) is 15.9. The second-order valence-corrected chi connectivity index (χ2v) is 7.23. The molecule has 0 radical (unpaired) electrons. The molecule has 5 rings (SSSR count). The van der Waals surface area contributed by atoms with Gasteiger partial charge in [-0.15, -0.1) is 0 Å². The SMILES string of the molecule is Cc1ccc(-n2nc3c(c2-n2cccc2)CN(C(=O)c2ccccc2F)C3)cc1. The molecule has 0 aliphatic carbocycles. The van der Waals surface area contributed by atoms with Crippen LogP contribution in [-0.4, -0.2) is 25.2 Å². The zero-order valence-corrected chi connectivity index (χ0v) is 15.9. The van der Waals surface area contributed by atoms with Crippen molar-refractivity contribution in [3.05, 3.63) is 101 Å². The summed E-state index contributed by atoms with van der Waals surface area (Å²) in [5.41, 5.74) is 4.04. The van der Waals surface area contributed by atoms with Gasteiger partial charge in [0.25, 0.3) is 5.91 Å². The fourth-order valence-corrected chi connectivity index (χ4v) is 3.76. The molecule has 0 fully saturated rings. The fraction of sp³-hybridized carbons (Fsp3) is 0.130. The molecular weight excluding hydrogens is 367 g/mol. The number of carbonyl (C=O) groups excluding carboxylic acids is 1. The van der Waals surface area contributed by atoms with Crippen LogP contribution in [0.3, 0.4) is 0 Å².